The van der Waals surface area contributed by atoms with Gasteiger partial charge in [-0.05, 0) is 38.5 Å². The normalized spacial score (nSPS) is 13.3. The molecule has 0 aliphatic carbocycles. The molecule has 10 N–H and O–H groups in total. The molecular weight excluding hydrogens is 447 g/mol. The third-order valence-corrected chi connectivity index (χ3v) is 4.48. The first kappa shape index (κ1) is 30.9. The largest absolute Gasteiger partial charge is 1.00 e. The van der Waals surface area contributed by atoms with Crippen LogP contribution in [0, 0.1) is 0 Å². The number of aliphatic carboxylic acids is 1. The number of aldehydes is 1. The van der Waals surface area contributed by atoms with Crippen molar-refractivity contribution in [2.75, 3.05) is 13.1 Å². The van der Waals surface area contributed by atoms with Crippen LogP contribution in [0.4, 0.5) is 0 Å². The summed E-state index contributed by atoms with van der Waals surface area (Å²) in [4.78, 5) is 70.0. The second-order valence-electron chi connectivity index (χ2n) is 7.17. The molecule has 182 valence electrons. The first-order chi connectivity index (χ1) is 15.5. The minimum absolute atomic E-state index is 0. The van der Waals surface area contributed by atoms with Crippen molar-refractivity contribution in [3.05, 3.63) is 0 Å². The number of rotatable bonds is 18. The van der Waals surface area contributed by atoms with E-state index in [9.17, 15) is 33.9 Å². The molecule has 0 aromatic rings. The summed E-state index contributed by atoms with van der Waals surface area (Å²) in [5.74, 6) is -4.37. The zero-order chi connectivity index (χ0) is 25.4. The van der Waals surface area contributed by atoms with Crippen molar-refractivity contribution in [3.8, 4) is 0 Å². The van der Waals surface area contributed by atoms with Crippen molar-refractivity contribution in [3.63, 3.8) is 0 Å². The molecule has 33 heavy (non-hydrogen) atoms. The van der Waals surface area contributed by atoms with E-state index in [4.69, 9.17) is 12.8 Å². The van der Waals surface area contributed by atoms with Crippen molar-refractivity contribution in [1.82, 2.24) is 16.0 Å². The summed E-state index contributed by atoms with van der Waals surface area (Å²) in [6.07, 6.45) is -0.889. The Bertz CT molecular complexity index is 713. The smallest absolute Gasteiger partial charge is 0.550 e. The van der Waals surface area contributed by atoms with Gasteiger partial charge in [-0.25, -0.2) is 0 Å². The molecule has 0 saturated heterocycles. The van der Waals surface area contributed by atoms with Gasteiger partial charge in [0.2, 0.25) is 23.6 Å². The van der Waals surface area contributed by atoms with Crippen LogP contribution in [0.25, 0.3) is 0 Å². The number of nitrogens with two attached hydrogens (primary N) is 2. The Hall–Kier alpha value is -2.06. The Morgan fingerprint density at radius 1 is 1.00 bits per heavy atom. The maximum Gasteiger partial charge on any atom is 1.00 e. The van der Waals surface area contributed by atoms with E-state index in [0.29, 0.717) is 6.54 Å². The van der Waals surface area contributed by atoms with E-state index in [1.165, 1.54) is 0 Å². The Morgan fingerprint density at radius 3 is 2.18 bits per heavy atom. The van der Waals surface area contributed by atoms with Crippen LogP contribution in [-0.2, 0) is 28.8 Å². The number of carboxylic acids is 1. The van der Waals surface area contributed by atoms with Crippen LogP contribution in [0.3, 0.4) is 0 Å². The monoisotopic (exact) mass is 483 g/mol. The van der Waals surface area contributed by atoms with E-state index in [-0.39, 0.29) is 67.6 Å². The number of carbonyl (C=O) groups excluding carboxylic acids is 6. The van der Waals surface area contributed by atoms with E-state index < -0.39 is 54.5 Å². The van der Waals surface area contributed by atoms with Crippen molar-refractivity contribution in [1.29, 1.82) is 0 Å². The Morgan fingerprint density at radius 2 is 1.64 bits per heavy atom. The average molecular weight is 484 g/mol. The second kappa shape index (κ2) is 19.4. The molecule has 0 rings (SSSR count). The number of carboxylic acid groups (broad SMARTS) is 1. The van der Waals surface area contributed by atoms with Gasteiger partial charge in [-0.3, -0.25) is 19.2 Å². The number of nitrogens with one attached hydrogen (secondary N) is 3. The number of primary amides is 1. The molecule has 13 nitrogen and oxygen atoms in total. The number of hydrogen-bond donors (Lipinski definition) is 6. The molecule has 0 aliphatic rings. The quantitative estimate of drug-likeness (QED) is 0.0619. The summed E-state index contributed by atoms with van der Waals surface area (Å²) in [5.41, 5.74) is 14.6. The van der Waals surface area contributed by atoms with Crippen LogP contribution in [0.5, 0.6) is 0 Å². The van der Waals surface area contributed by atoms with Gasteiger partial charge in [0.05, 0.1) is 12.6 Å². The summed E-state index contributed by atoms with van der Waals surface area (Å²) in [6.45, 7) is 1.16. The molecule has 0 radical (unpaired) electrons. The summed E-state index contributed by atoms with van der Waals surface area (Å²) >= 11 is 0. The third kappa shape index (κ3) is 16.2. The zero-order valence-electron chi connectivity index (χ0n) is 20.0. The topological polar surface area (TPSA) is 241 Å². The summed E-state index contributed by atoms with van der Waals surface area (Å²) in [5, 5.41) is 17.9. The van der Waals surface area contributed by atoms with Crippen LogP contribution in [0.15, 0.2) is 0 Å². The number of hydrogen-bond acceptors (Lipinski definition) is 8. The maximum absolute atomic E-state index is 12.7. The van der Waals surface area contributed by atoms with Crippen LogP contribution in [-0.4, -0.2) is 67.1 Å². The first-order valence-corrected chi connectivity index (χ1v) is 10.4. The predicted molar refractivity (Wildman–Crippen MR) is 110 cm³/mol. The summed E-state index contributed by atoms with van der Waals surface area (Å²) in [6, 6.07) is -3.80. The molecule has 3 atom stereocenters. The molecule has 3 unspecified atom stereocenters. The molecular formula is C19H34N6NaO7+. The van der Waals surface area contributed by atoms with Crippen LogP contribution in [0.1, 0.15) is 52.7 Å². The maximum atomic E-state index is 12.7. The molecule has 0 heterocycles. The molecule has 0 aromatic carbocycles. The van der Waals surface area contributed by atoms with E-state index in [1.54, 1.807) is 0 Å². The van der Waals surface area contributed by atoms with Gasteiger partial charge < -0.3 is 47.8 Å². The predicted octanol–water partition coefficient (Wildman–Crippen LogP) is -7.80. The number of carbonyl (C=O) groups is 6. The average Bonchev–Trinajstić information content (AvgIpc) is 2.74. The summed E-state index contributed by atoms with van der Waals surface area (Å²) in [7, 11) is 0. The van der Waals surface area contributed by atoms with E-state index in [0.717, 1.165) is 19.4 Å². The fraction of sp³-hybridized carbons (Fsp3) is 0.684. The van der Waals surface area contributed by atoms with E-state index in [1.807, 2.05) is 0 Å². The molecule has 0 fully saturated rings. The van der Waals surface area contributed by atoms with Gasteiger partial charge in [0, 0.05) is 25.4 Å². The molecule has 14 heteroatoms. The van der Waals surface area contributed by atoms with Crippen molar-refractivity contribution < 1.29 is 70.5 Å². The van der Waals surface area contributed by atoms with Crippen molar-refractivity contribution in [2.45, 2.75) is 69.5 Å². The fourth-order valence-corrected chi connectivity index (χ4v) is 2.61. The molecule has 0 saturated carbocycles. The van der Waals surface area contributed by atoms with Gasteiger partial charge >= 0.3 is 29.6 Å². The number of quaternary nitrogens is 1. The van der Waals surface area contributed by atoms with Gasteiger partial charge in [-0.1, -0.05) is 0 Å². The first-order valence-electron chi connectivity index (χ1n) is 10.9. The van der Waals surface area contributed by atoms with Crippen LogP contribution >= 0.6 is 0 Å². The van der Waals surface area contributed by atoms with Gasteiger partial charge in [-0.2, -0.15) is 0 Å². The number of amides is 4. The molecule has 0 aliphatic heterocycles. The van der Waals surface area contributed by atoms with Gasteiger partial charge in [0.1, 0.15) is 19.7 Å². The second-order valence-corrected chi connectivity index (χ2v) is 7.17. The van der Waals surface area contributed by atoms with Crippen molar-refractivity contribution >= 4 is 35.9 Å². The summed E-state index contributed by atoms with van der Waals surface area (Å²) < 4.78 is 6.91. The molecule has 4 amide bonds. The Balaban J connectivity index is 0. The molecule has 0 bridgehead atoms. The Kier molecular flexibility index (Phi) is 18.2. The van der Waals surface area contributed by atoms with Gasteiger partial charge in [0.15, 0.2) is 0 Å². The standard InChI is InChI=1S/C19H34N6O7.Na/c20-9-1-2-10-23-15(27)7-6-14(25-18(31)12(21)5-8-16(28)29)19(32)24-13(17(22)30)4-3-11-26;/h11-14H,1-10,20-21H2,(H2,22,30)(H,23,27)(H,24,32)(H,25,31)(H,28,29);/q;+1/i11T;. The minimum Gasteiger partial charge on any atom is -0.550 e. The minimum atomic E-state index is -1.39. The van der Waals surface area contributed by atoms with Gasteiger partial charge in [-0.15, -0.1) is 0 Å². The fourth-order valence-electron chi connectivity index (χ4n) is 2.61. The Labute approximate surface area is 216 Å². The molecule has 0 aromatic heterocycles. The SMILES string of the molecule is [3H]C(=O)CCC(NC(=O)C(CCC(=O)NCCCC[NH3+])NC(=O)C(N)CCC(=O)[O-])C(N)=O.[Na+]. The van der Waals surface area contributed by atoms with E-state index in [2.05, 4.69) is 21.7 Å². The number of unbranched alkanes of at least 4 members (excludes halogenated alkanes) is 1. The third-order valence-electron chi connectivity index (χ3n) is 4.48. The van der Waals surface area contributed by atoms with Crippen molar-refractivity contribution in [2.24, 2.45) is 11.5 Å². The van der Waals surface area contributed by atoms with Crippen LogP contribution in [0.2, 0.25) is 0 Å². The van der Waals surface area contributed by atoms with Gasteiger partial charge in [0.25, 0.3) is 0 Å². The molecule has 0 spiro atoms. The zero-order valence-corrected chi connectivity index (χ0v) is 21.0. The van der Waals surface area contributed by atoms with E-state index >= 15 is 0 Å². The van der Waals surface area contributed by atoms with Crippen LogP contribution < -0.4 is 67.8 Å².